The van der Waals surface area contributed by atoms with Gasteiger partial charge in [-0.2, -0.15) is 0 Å². The molecule has 0 amide bonds. The van der Waals surface area contributed by atoms with Crippen molar-refractivity contribution in [2.24, 2.45) is 5.92 Å². The molecule has 2 aromatic rings. The Morgan fingerprint density at radius 1 is 1.29 bits per heavy atom. The average molecular weight is 382 g/mol. The van der Waals surface area contributed by atoms with Crippen LogP contribution in [-0.2, 0) is 23.3 Å². The summed E-state index contributed by atoms with van der Waals surface area (Å²) in [5.74, 6) is 1.39. The predicted molar refractivity (Wildman–Crippen MR) is 106 cm³/mol. The van der Waals surface area contributed by atoms with E-state index in [9.17, 15) is 4.39 Å². The molecule has 5 rings (SSSR count). The van der Waals surface area contributed by atoms with Gasteiger partial charge in [-0.05, 0) is 44.7 Å². The predicted octanol–water partition coefficient (Wildman–Crippen LogP) is 3.42. The van der Waals surface area contributed by atoms with Gasteiger partial charge in [0.25, 0.3) is 0 Å². The molecule has 2 aliphatic heterocycles. The van der Waals surface area contributed by atoms with Crippen molar-refractivity contribution in [3.8, 4) is 0 Å². The maximum absolute atomic E-state index is 14.1. The Bertz CT molecular complexity index is 885. The number of likely N-dealkylation sites (tertiary alicyclic amines) is 1. The lowest BCUT2D eigenvalue weighted by Gasteiger charge is -2.35. The highest BCUT2D eigenvalue weighted by atomic mass is 19.1. The summed E-state index contributed by atoms with van der Waals surface area (Å²) in [7, 11) is 0. The van der Waals surface area contributed by atoms with E-state index >= 15 is 0 Å². The van der Waals surface area contributed by atoms with Gasteiger partial charge in [0.1, 0.15) is 5.82 Å². The SMILES string of the molecule is Cc1nc(NCC2CC2)nc2c1COCC21CCN(Cc2ccccc2F)C1. The Morgan fingerprint density at radius 2 is 2.14 bits per heavy atom. The summed E-state index contributed by atoms with van der Waals surface area (Å²) in [6.07, 6.45) is 3.59. The zero-order valence-electron chi connectivity index (χ0n) is 16.4. The van der Waals surface area contributed by atoms with Crippen LogP contribution >= 0.6 is 0 Å². The van der Waals surface area contributed by atoms with Crippen molar-refractivity contribution in [3.63, 3.8) is 0 Å². The van der Waals surface area contributed by atoms with E-state index in [1.807, 2.05) is 12.1 Å². The van der Waals surface area contributed by atoms with Gasteiger partial charge in [0.2, 0.25) is 5.95 Å². The van der Waals surface area contributed by atoms with Gasteiger partial charge in [-0.1, -0.05) is 18.2 Å². The van der Waals surface area contributed by atoms with E-state index in [0.29, 0.717) is 19.8 Å². The second kappa shape index (κ2) is 7.08. The van der Waals surface area contributed by atoms with Crippen LogP contribution in [0.1, 0.15) is 41.8 Å². The number of ether oxygens (including phenoxy) is 1. The molecule has 1 aromatic heterocycles. The molecule has 1 saturated carbocycles. The van der Waals surface area contributed by atoms with E-state index in [-0.39, 0.29) is 11.2 Å². The summed E-state index contributed by atoms with van der Waals surface area (Å²) in [6.45, 7) is 6.66. The van der Waals surface area contributed by atoms with Crippen molar-refractivity contribution in [2.45, 2.75) is 44.8 Å². The molecular formula is C22H27FN4O. The maximum atomic E-state index is 14.1. The van der Waals surface area contributed by atoms with Gasteiger partial charge in [-0.25, -0.2) is 14.4 Å². The summed E-state index contributed by atoms with van der Waals surface area (Å²) in [5.41, 5.74) is 3.91. The third kappa shape index (κ3) is 3.40. The molecule has 148 valence electrons. The normalized spacial score (nSPS) is 24.5. The molecule has 0 radical (unpaired) electrons. The lowest BCUT2D eigenvalue weighted by atomic mass is 9.80. The first-order chi connectivity index (χ1) is 13.6. The Hall–Kier alpha value is -2.05. The Morgan fingerprint density at radius 3 is 2.96 bits per heavy atom. The largest absolute Gasteiger partial charge is 0.376 e. The molecular weight excluding hydrogens is 355 g/mol. The highest BCUT2D eigenvalue weighted by molar-refractivity contribution is 5.40. The summed E-state index contributed by atoms with van der Waals surface area (Å²) in [6, 6.07) is 7.05. The standard InChI is InChI=1S/C22H27FN4O/c1-15-18-12-28-14-22(20(18)26-21(25-15)24-10-16-6-7-16)8-9-27(13-22)11-17-4-2-3-5-19(17)23/h2-5,16H,6-14H2,1H3,(H,24,25,26). The van der Waals surface area contributed by atoms with E-state index in [0.717, 1.165) is 60.4 Å². The van der Waals surface area contributed by atoms with Crippen molar-refractivity contribution in [3.05, 3.63) is 52.6 Å². The van der Waals surface area contributed by atoms with Crippen molar-refractivity contribution in [2.75, 3.05) is 31.6 Å². The second-order valence-electron chi connectivity index (χ2n) is 8.61. The van der Waals surface area contributed by atoms with Crippen LogP contribution in [0.4, 0.5) is 10.3 Å². The number of rotatable bonds is 5. The number of hydrogen-bond donors (Lipinski definition) is 1. The van der Waals surface area contributed by atoms with Crippen molar-refractivity contribution in [1.29, 1.82) is 0 Å². The second-order valence-corrected chi connectivity index (χ2v) is 8.61. The number of halogens is 1. The molecule has 0 bridgehead atoms. The molecule has 1 atom stereocenters. The molecule has 2 fully saturated rings. The van der Waals surface area contributed by atoms with Gasteiger partial charge in [-0.15, -0.1) is 0 Å². The first-order valence-electron chi connectivity index (χ1n) is 10.3. The van der Waals surface area contributed by atoms with Crippen LogP contribution in [0.25, 0.3) is 0 Å². The van der Waals surface area contributed by atoms with Crippen LogP contribution in [0.15, 0.2) is 24.3 Å². The number of fused-ring (bicyclic) bond motifs is 2. The third-order valence-electron chi connectivity index (χ3n) is 6.37. The smallest absolute Gasteiger partial charge is 0.223 e. The monoisotopic (exact) mass is 382 g/mol. The van der Waals surface area contributed by atoms with Crippen LogP contribution in [0.2, 0.25) is 0 Å². The Balaban J connectivity index is 1.39. The fourth-order valence-electron chi connectivity index (χ4n) is 4.53. The van der Waals surface area contributed by atoms with Crippen molar-refractivity contribution in [1.82, 2.24) is 14.9 Å². The van der Waals surface area contributed by atoms with Gasteiger partial charge >= 0.3 is 0 Å². The molecule has 1 unspecified atom stereocenters. The van der Waals surface area contributed by atoms with Crippen LogP contribution in [0.5, 0.6) is 0 Å². The molecule has 6 heteroatoms. The fraction of sp³-hybridized carbons (Fsp3) is 0.545. The molecule has 1 spiro atoms. The van der Waals surface area contributed by atoms with E-state index in [2.05, 4.69) is 22.1 Å². The van der Waals surface area contributed by atoms with E-state index in [1.165, 1.54) is 18.9 Å². The summed E-state index contributed by atoms with van der Waals surface area (Å²) >= 11 is 0. The van der Waals surface area contributed by atoms with Crippen molar-refractivity contribution >= 4 is 5.95 Å². The molecule has 3 heterocycles. The lowest BCUT2D eigenvalue weighted by Crippen LogP contribution is -2.41. The number of anilines is 1. The van der Waals surface area contributed by atoms with Gasteiger partial charge in [0.05, 0.1) is 24.3 Å². The highest BCUT2D eigenvalue weighted by Gasteiger charge is 2.45. The van der Waals surface area contributed by atoms with Crippen LogP contribution in [0, 0.1) is 18.7 Å². The number of nitrogens with one attached hydrogen (secondary N) is 1. The zero-order valence-corrected chi connectivity index (χ0v) is 16.4. The van der Waals surface area contributed by atoms with Gasteiger partial charge in [0.15, 0.2) is 0 Å². The maximum Gasteiger partial charge on any atom is 0.223 e. The van der Waals surface area contributed by atoms with E-state index in [4.69, 9.17) is 9.72 Å². The minimum Gasteiger partial charge on any atom is -0.376 e. The quantitative estimate of drug-likeness (QED) is 0.859. The molecule has 1 aromatic carbocycles. The average Bonchev–Trinajstić information content (AvgIpc) is 3.44. The summed E-state index contributed by atoms with van der Waals surface area (Å²) in [4.78, 5) is 12.0. The zero-order chi connectivity index (χ0) is 19.1. The summed E-state index contributed by atoms with van der Waals surface area (Å²) < 4.78 is 20.1. The number of hydrogen-bond acceptors (Lipinski definition) is 5. The minimum atomic E-state index is -0.131. The molecule has 1 N–H and O–H groups in total. The van der Waals surface area contributed by atoms with Gasteiger partial charge < -0.3 is 10.1 Å². The topological polar surface area (TPSA) is 50.3 Å². The fourth-order valence-corrected chi connectivity index (χ4v) is 4.53. The highest BCUT2D eigenvalue weighted by Crippen LogP contribution is 2.40. The summed E-state index contributed by atoms with van der Waals surface area (Å²) in [5, 5.41) is 3.44. The Kier molecular flexibility index (Phi) is 4.56. The minimum absolute atomic E-state index is 0.122. The van der Waals surface area contributed by atoms with Crippen molar-refractivity contribution < 1.29 is 9.13 Å². The number of aryl methyl sites for hydroxylation is 1. The first-order valence-corrected chi connectivity index (χ1v) is 10.3. The van der Waals surface area contributed by atoms with Gasteiger partial charge in [0, 0.05) is 36.5 Å². The first kappa shape index (κ1) is 18.0. The van der Waals surface area contributed by atoms with Gasteiger partial charge in [-0.3, -0.25) is 4.90 Å². The van der Waals surface area contributed by atoms with Crippen LogP contribution in [0.3, 0.4) is 0 Å². The molecule has 28 heavy (non-hydrogen) atoms. The van der Waals surface area contributed by atoms with Crippen LogP contribution in [-0.4, -0.2) is 41.1 Å². The molecule has 5 nitrogen and oxygen atoms in total. The Labute approximate surface area is 165 Å². The number of benzene rings is 1. The number of aromatic nitrogens is 2. The van der Waals surface area contributed by atoms with E-state index in [1.54, 1.807) is 6.07 Å². The lowest BCUT2D eigenvalue weighted by molar-refractivity contribution is 0.0498. The van der Waals surface area contributed by atoms with Crippen LogP contribution < -0.4 is 5.32 Å². The molecule has 1 saturated heterocycles. The molecule has 1 aliphatic carbocycles. The number of nitrogens with zero attached hydrogens (tertiary/aromatic N) is 3. The molecule has 3 aliphatic rings. The third-order valence-corrected chi connectivity index (χ3v) is 6.37. The van der Waals surface area contributed by atoms with E-state index < -0.39 is 0 Å².